The molecule has 0 saturated heterocycles. The van der Waals surface area contributed by atoms with Crippen LogP contribution in [-0.4, -0.2) is 20.6 Å². The number of carbonyl (C=O) groups excluding carboxylic acids is 1. The van der Waals surface area contributed by atoms with E-state index >= 15 is 0 Å². The largest absolute Gasteiger partial charge is 0.294 e. The maximum Gasteiger partial charge on any atom is 0.269 e. The van der Waals surface area contributed by atoms with E-state index in [1.54, 1.807) is 0 Å². The molecule has 6 heteroatoms. The summed E-state index contributed by atoms with van der Waals surface area (Å²) >= 11 is 1.41. The van der Waals surface area contributed by atoms with E-state index in [4.69, 9.17) is 0 Å². The Morgan fingerprint density at radius 2 is 1.90 bits per heavy atom. The molecule has 0 atom stereocenters. The van der Waals surface area contributed by atoms with E-state index in [2.05, 4.69) is 4.98 Å². The van der Waals surface area contributed by atoms with Crippen LogP contribution in [0.4, 0.5) is 4.39 Å². The van der Waals surface area contributed by atoms with Gasteiger partial charge in [-0.25, -0.2) is 9.37 Å². The van der Waals surface area contributed by atoms with Crippen molar-refractivity contribution in [2.75, 3.05) is 0 Å². The van der Waals surface area contributed by atoms with E-state index in [0.29, 0.717) is 10.8 Å². The summed E-state index contributed by atoms with van der Waals surface area (Å²) in [6, 6.07) is 5.53. The fourth-order valence-corrected chi connectivity index (χ4v) is 2.62. The lowest BCUT2D eigenvalue weighted by molar-refractivity contribution is 0.101. The number of carbonyl (C=O) groups is 1. The second kappa shape index (κ2) is 6.22. The van der Waals surface area contributed by atoms with E-state index in [1.165, 1.54) is 53.7 Å². The van der Waals surface area contributed by atoms with Gasteiger partial charge in [0.1, 0.15) is 11.4 Å². The molecule has 1 heterocycles. The third kappa shape index (κ3) is 3.39. The van der Waals surface area contributed by atoms with Gasteiger partial charge in [0.25, 0.3) is 5.56 Å². The summed E-state index contributed by atoms with van der Waals surface area (Å²) in [6.07, 6.45) is 1.30. The first-order valence-electron chi connectivity index (χ1n) is 6.45. The molecule has 0 N–H and O–H groups in total. The third-order valence-electron chi connectivity index (χ3n) is 2.73. The average Bonchev–Trinajstić information content (AvgIpc) is 2.39. The quantitative estimate of drug-likeness (QED) is 0.495. The Hall–Kier alpha value is -1.95. The van der Waals surface area contributed by atoms with Gasteiger partial charge < -0.3 is 0 Å². The van der Waals surface area contributed by atoms with Crippen molar-refractivity contribution in [3.05, 3.63) is 52.2 Å². The number of hydrogen-bond acceptors (Lipinski definition) is 4. The van der Waals surface area contributed by atoms with Gasteiger partial charge >= 0.3 is 0 Å². The van der Waals surface area contributed by atoms with Crippen LogP contribution in [0.5, 0.6) is 0 Å². The number of Topliss-reactive ketones (excluding diaryl/α,β-unsaturated/α-hetero) is 1. The minimum absolute atomic E-state index is 0.0208. The fraction of sp³-hybridized carbons (Fsp3) is 0.267. The highest BCUT2D eigenvalue weighted by Crippen LogP contribution is 2.22. The van der Waals surface area contributed by atoms with Crippen LogP contribution >= 0.6 is 11.8 Å². The van der Waals surface area contributed by atoms with Crippen molar-refractivity contribution in [1.82, 2.24) is 9.55 Å². The van der Waals surface area contributed by atoms with Crippen LogP contribution in [-0.2, 0) is 0 Å². The third-order valence-corrected chi connectivity index (χ3v) is 3.70. The molecule has 0 fully saturated rings. The lowest BCUT2D eigenvalue weighted by Crippen LogP contribution is -2.27. The van der Waals surface area contributed by atoms with E-state index in [1.807, 2.05) is 13.8 Å². The van der Waals surface area contributed by atoms with Crippen molar-refractivity contribution in [2.24, 2.45) is 0 Å². The molecule has 2 rings (SSSR count). The summed E-state index contributed by atoms with van der Waals surface area (Å²) in [4.78, 5) is 28.2. The highest BCUT2D eigenvalue weighted by atomic mass is 32.2. The predicted octanol–water partition coefficient (Wildman–Crippen LogP) is 3.07. The van der Waals surface area contributed by atoms with Gasteiger partial charge in [-0.15, -0.1) is 0 Å². The fourth-order valence-electron chi connectivity index (χ4n) is 1.79. The molecule has 0 aliphatic heterocycles. The summed E-state index contributed by atoms with van der Waals surface area (Å²) in [5.41, 5.74) is 0.0693. The van der Waals surface area contributed by atoms with Crippen LogP contribution in [0.1, 0.15) is 31.1 Å². The summed E-state index contributed by atoms with van der Waals surface area (Å²) in [5.74, 6) is -0.731. The molecule has 4 nitrogen and oxygen atoms in total. The summed E-state index contributed by atoms with van der Waals surface area (Å²) in [7, 11) is 0. The monoisotopic (exact) mass is 306 g/mol. The second-order valence-corrected chi connectivity index (χ2v) is 6.34. The highest BCUT2D eigenvalue weighted by molar-refractivity contribution is 7.99. The Morgan fingerprint density at radius 3 is 2.43 bits per heavy atom. The van der Waals surface area contributed by atoms with Crippen LogP contribution in [0, 0.1) is 5.82 Å². The number of nitrogens with zero attached hydrogens (tertiary/aromatic N) is 2. The second-order valence-electron chi connectivity index (χ2n) is 4.79. The first kappa shape index (κ1) is 15.4. The average molecular weight is 306 g/mol. The molecule has 21 heavy (non-hydrogen) atoms. The van der Waals surface area contributed by atoms with E-state index in [0.717, 1.165) is 0 Å². The Balaban J connectivity index is 2.69. The van der Waals surface area contributed by atoms with Gasteiger partial charge in [-0.2, -0.15) is 0 Å². The molecule has 0 saturated carbocycles. The highest BCUT2D eigenvalue weighted by Gasteiger charge is 2.16. The molecule has 1 aromatic carbocycles. The van der Waals surface area contributed by atoms with Crippen LogP contribution < -0.4 is 5.56 Å². The van der Waals surface area contributed by atoms with Crippen molar-refractivity contribution in [2.45, 2.75) is 31.2 Å². The zero-order chi connectivity index (χ0) is 15.6. The molecule has 0 aliphatic carbocycles. The molecule has 110 valence electrons. The Bertz CT molecular complexity index is 723. The van der Waals surface area contributed by atoms with Gasteiger partial charge in [0.15, 0.2) is 10.9 Å². The van der Waals surface area contributed by atoms with Crippen molar-refractivity contribution >= 4 is 17.5 Å². The lowest BCUT2D eigenvalue weighted by atomic mass is 10.2. The Kier molecular flexibility index (Phi) is 4.57. The zero-order valence-corrected chi connectivity index (χ0v) is 12.8. The first-order valence-corrected chi connectivity index (χ1v) is 7.33. The van der Waals surface area contributed by atoms with Crippen LogP contribution in [0.15, 0.2) is 40.4 Å². The van der Waals surface area contributed by atoms with Gasteiger partial charge in [0, 0.05) is 11.4 Å². The minimum atomic E-state index is -0.438. The Labute approximate surface area is 126 Å². The number of hydrogen-bond donors (Lipinski definition) is 0. The number of thioether (sulfide) groups is 1. The number of aromatic nitrogens is 2. The van der Waals surface area contributed by atoms with Gasteiger partial charge in [0.05, 0.1) is 5.69 Å². The van der Waals surface area contributed by atoms with Crippen LogP contribution in [0.25, 0.3) is 5.69 Å². The summed E-state index contributed by atoms with van der Waals surface area (Å²) in [5, 5.41) is 0.693. The molecule has 0 aliphatic rings. The standard InChI is InChI=1S/C15H15FN2O2S/c1-9(2)21-15-17-8-13(10(3)19)14(20)18(15)12-6-4-11(16)5-7-12/h4-9H,1-3H3. The van der Waals surface area contributed by atoms with Gasteiger partial charge in [-0.05, 0) is 31.2 Å². The van der Waals surface area contributed by atoms with Crippen molar-refractivity contribution < 1.29 is 9.18 Å². The zero-order valence-electron chi connectivity index (χ0n) is 12.0. The Morgan fingerprint density at radius 1 is 1.29 bits per heavy atom. The summed E-state index contributed by atoms with van der Waals surface area (Å²) < 4.78 is 14.4. The number of halogens is 1. The number of rotatable bonds is 4. The van der Waals surface area contributed by atoms with Crippen molar-refractivity contribution in [1.29, 1.82) is 0 Å². The molecule has 1 aromatic heterocycles. The van der Waals surface area contributed by atoms with E-state index in [9.17, 15) is 14.0 Å². The summed E-state index contributed by atoms with van der Waals surface area (Å²) in [6.45, 7) is 5.28. The topological polar surface area (TPSA) is 52.0 Å². The normalized spacial score (nSPS) is 10.9. The van der Waals surface area contributed by atoms with Gasteiger partial charge in [-0.1, -0.05) is 25.6 Å². The first-order chi connectivity index (χ1) is 9.90. The van der Waals surface area contributed by atoms with E-state index < -0.39 is 5.56 Å². The molecule has 0 radical (unpaired) electrons. The molecular formula is C15H15FN2O2S. The molecule has 2 aromatic rings. The molecule has 0 spiro atoms. The lowest BCUT2D eigenvalue weighted by Gasteiger charge is -2.13. The SMILES string of the molecule is CC(=O)c1cnc(SC(C)C)n(-c2ccc(F)cc2)c1=O. The van der Waals surface area contributed by atoms with E-state index in [-0.39, 0.29) is 22.4 Å². The maximum atomic E-state index is 13.1. The minimum Gasteiger partial charge on any atom is -0.294 e. The van der Waals surface area contributed by atoms with Crippen LogP contribution in [0.2, 0.25) is 0 Å². The molecule has 0 amide bonds. The maximum absolute atomic E-state index is 13.1. The molecule has 0 unspecified atom stereocenters. The predicted molar refractivity (Wildman–Crippen MR) is 80.8 cm³/mol. The van der Waals surface area contributed by atoms with Crippen molar-refractivity contribution in [3.63, 3.8) is 0 Å². The number of ketones is 1. The molecular weight excluding hydrogens is 291 g/mol. The van der Waals surface area contributed by atoms with Gasteiger partial charge in [0.2, 0.25) is 0 Å². The van der Waals surface area contributed by atoms with Gasteiger partial charge in [-0.3, -0.25) is 14.2 Å². The smallest absolute Gasteiger partial charge is 0.269 e. The van der Waals surface area contributed by atoms with Crippen molar-refractivity contribution in [3.8, 4) is 5.69 Å². The van der Waals surface area contributed by atoms with Crippen LogP contribution in [0.3, 0.4) is 0 Å². The number of benzene rings is 1. The molecule has 0 bridgehead atoms.